The van der Waals surface area contributed by atoms with E-state index in [4.69, 9.17) is 4.42 Å². The molecule has 0 spiro atoms. The Morgan fingerprint density at radius 1 is 1.35 bits per heavy atom. The fraction of sp³-hybridized carbons (Fsp3) is 0.333. The highest BCUT2D eigenvalue weighted by Crippen LogP contribution is 2.40. The van der Waals surface area contributed by atoms with Crippen LogP contribution >= 0.6 is 11.3 Å². The zero-order valence-corrected chi connectivity index (χ0v) is 12.1. The average molecular weight is 285 g/mol. The summed E-state index contributed by atoms with van der Waals surface area (Å²) in [6.07, 6.45) is 6.98. The number of aromatic nitrogens is 2. The molecular formula is C15H15N3OS. The van der Waals surface area contributed by atoms with Gasteiger partial charge in [-0.3, -0.25) is 0 Å². The average Bonchev–Trinajstić information content (AvgIpc) is 3.13. The van der Waals surface area contributed by atoms with Crippen molar-refractivity contribution >= 4 is 27.4 Å². The third-order valence-corrected chi connectivity index (χ3v) is 5.02. The standard InChI is InChI=1S/C15H15N3OS/c1-18(8-10-4-3-7-19-10)14-13-11-5-2-6-12(11)20-15(13)17-9-16-14/h3-4,7,9H,2,5-6,8H2,1H3. The Morgan fingerprint density at radius 2 is 2.30 bits per heavy atom. The second-order valence-electron chi connectivity index (χ2n) is 5.17. The molecule has 3 aromatic rings. The third kappa shape index (κ3) is 1.81. The number of furan rings is 1. The first-order chi connectivity index (χ1) is 9.83. The number of nitrogens with zero attached hydrogens (tertiary/aromatic N) is 3. The van der Waals surface area contributed by atoms with Crippen LogP contribution in [0.2, 0.25) is 0 Å². The Morgan fingerprint density at radius 3 is 3.15 bits per heavy atom. The lowest BCUT2D eigenvalue weighted by Gasteiger charge is -2.17. The number of aryl methyl sites for hydroxylation is 2. The van der Waals surface area contributed by atoms with E-state index >= 15 is 0 Å². The molecule has 5 heteroatoms. The summed E-state index contributed by atoms with van der Waals surface area (Å²) >= 11 is 1.82. The Labute approximate surface area is 121 Å². The van der Waals surface area contributed by atoms with Gasteiger partial charge in [0.25, 0.3) is 0 Å². The van der Waals surface area contributed by atoms with Crippen molar-refractivity contribution in [2.75, 3.05) is 11.9 Å². The Balaban J connectivity index is 1.79. The second-order valence-corrected chi connectivity index (χ2v) is 6.25. The fourth-order valence-electron chi connectivity index (χ4n) is 2.91. The predicted molar refractivity (Wildman–Crippen MR) is 80.3 cm³/mol. The molecule has 1 aliphatic carbocycles. The monoisotopic (exact) mass is 285 g/mol. The molecule has 20 heavy (non-hydrogen) atoms. The Kier molecular flexibility index (Phi) is 2.73. The quantitative estimate of drug-likeness (QED) is 0.739. The first-order valence-corrected chi connectivity index (χ1v) is 7.63. The summed E-state index contributed by atoms with van der Waals surface area (Å²) in [5.74, 6) is 1.97. The minimum absolute atomic E-state index is 0.726. The summed E-state index contributed by atoms with van der Waals surface area (Å²) in [5, 5.41) is 1.25. The third-order valence-electron chi connectivity index (χ3n) is 3.82. The molecule has 0 saturated carbocycles. The molecule has 0 aromatic carbocycles. The smallest absolute Gasteiger partial charge is 0.141 e. The molecule has 0 atom stereocenters. The molecular weight excluding hydrogens is 270 g/mol. The van der Waals surface area contributed by atoms with Crippen molar-refractivity contribution in [2.24, 2.45) is 0 Å². The van der Waals surface area contributed by atoms with Crippen LogP contribution in [0.25, 0.3) is 10.2 Å². The molecule has 0 aliphatic heterocycles. The van der Waals surface area contributed by atoms with Gasteiger partial charge in [0.1, 0.15) is 22.7 Å². The van der Waals surface area contributed by atoms with E-state index in [1.807, 2.05) is 23.5 Å². The molecule has 102 valence electrons. The van der Waals surface area contributed by atoms with Gasteiger partial charge in [-0.05, 0) is 37.0 Å². The maximum Gasteiger partial charge on any atom is 0.141 e. The first-order valence-electron chi connectivity index (χ1n) is 6.81. The minimum Gasteiger partial charge on any atom is -0.467 e. The number of rotatable bonds is 3. The maximum absolute atomic E-state index is 5.43. The van der Waals surface area contributed by atoms with Crippen molar-refractivity contribution in [3.8, 4) is 0 Å². The highest BCUT2D eigenvalue weighted by molar-refractivity contribution is 7.19. The molecule has 4 rings (SSSR count). The first kappa shape index (κ1) is 11.9. The van der Waals surface area contributed by atoms with Gasteiger partial charge < -0.3 is 9.32 Å². The van der Waals surface area contributed by atoms with Gasteiger partial charge in [-0.1, -0.05) is 0 Å². The topological polar surface area (TPSA) is 42.2 Å². The Bertz CT molecular complexity index is 748. The van der Waals surface area contributed by atoms with Gasteiger partial charge in [0, 0.05) is 11.9 Å². The summed E-state index contributed by atoms with van der Waals surface area (Å²) < 4.78 is 5.43. The van der Waals surface area contributed by atoms with Crippen LogP contribution in [0, 0.1) is 0 Å². The maximum atomic E-state index is 5.43. The fourth-order valence-corrected chi connectivity index (χ4v) is 4.14. The van der Waals surface area contributed by atoms with E-state index in [-0.39, 0.29) is 0 Å². The lowest BCUT2D eigenvalue weighted by Crippen LogP contribution is -2.17. The second kappa shape index (κ2) is 4.59. The van der Waals surface area contributed by atoms with Gasteiger partial charge in [-0.15, -0.1) is 11.3 Å². The molecule has 1 aliphatic rings. The lowest BCUT2D eigenvalue weighted by molar-refractivity contribution is 0.507. The van der Waals surface area contributed by atoms with E-state index in [2.05, 4.69) is 21.9 Å². The summed E-state index contributed by atoms with van der Waals surface area (Å²) in [7, 11) is 2.06. The van der Waals surface area contributed by atoms with E-state index in [1.54, 1.807) is 12.6 Å². The zero-order valence-electron chi connectivity index (χ0n) is 11.3. The molecule has 0 N–H and O–H groups in total. The summed E-state index contributed by atoms with van der Waals surface area (Å²) in [6.45, 7) is 0.726. The van der Waals surface area contributed by atoms with Gasteiger partial charge in [0.15, 0.2) is 0 Å². The van der Waals surface area contributed by atoms with E-state index in [9.17, 15) is 0 Å². The van der Waals surface area contributed by atoms with Gasteiger partial charge in [0.2, 0.25) is 0 Å². The molecule has 4 nitrogen and oxygen atoms in total. The molecule has 0 radical (unpaired) electrons. The Hall–Kier alpha value is -1.88. The minimum atomic E-state index is 0.726. The summed E-state index contributed by atoms with van der Waals surface area (Å²) in [6, 6.07) is 3.91. The van der Waals surface area contributed by atoms with Crippen LogP contribution in [0.5, 0.6) is 0 Å². The van der Waals surface area contributed by atoms with Crippen LogP contribution in [0.3, 0.4) is 0 Å². The highest BCUT2D eigenvalue weighted by Gasteiger charge is 2.22. The van der Waals surface area contributed by atoms with E-state index in [0.717, 1.165) is 29.4 Å². The number of anilines is 1. The molecule has 3 heterocycles. The molecule has 0 fully saturated rings. The van der Waals surface area contributed by atoms with Gasteiger partial charge in [-0.2, -0.15) is 0 Å². The van der Waals surface area contributed by atoms with Crippen LogP contribution in [-0.4, -0.2) is 17.0 Å². The summed E-state index contributed by atoms with van der Waals surface area (Å²) in [5.41, 5.74) is 1.46. The van der Waals surface area contributed by atoms with Crippen molar-refractivity contribution in [1.82, 2.24) is 9.97 Å². The van der Waals surface area contributed by atoms with Gasteiger partial charge >= 0.3 is 0 Å². The normalized spacial score (nSPS) is 13.8. The van der Waals surface area contributed by atoms with Crippen LogP contribution in [0.4, 0.5) is 5.82 Å². The number of thiophene rings is 1. The number of fused-ring (bicyclic) bond motifs is 3. The highest BCUT2D eigenvalue weighted by atomic mass is 32.1. The van der Waals surface area contributed by atoms with Gasteiger partial charge in [0.05, 0.1) is 18.2 Å². The van der Waals surface area contributed by atoms with Crippen molar-refractivity contribution in [2.45, 2.75) is 25.8 Å². The number of hydrogen-bond donors (Lipinski definition) is 0. The zero-order chi connectivity index (χ0) is 13.5. The lowest BCUT2D eigenvalue weighted by atomic mass is 10.2. The van der Waals surface area contributed by atoms with E-state index in [1.165, 1.54) is 28.7 Å². The van der Waals surface area contributed by atoms with Crippen LogP contribution < -0.4 is 4.90 Å². The molecule has 0 unspecified atom stereocenters. The van der Waals surface area contributed by atoms with Crippen molar-refractivity contribution in [3.63, 3.8) is 0 Å². The summed E-state index contributed by atoms with van der Waals surface area (Å²) in [4.78, 5) is 13.7. The van der Waals surface area contributed by atoms with Crippen molar-refractivity contribution in [1.29, 1.82) is 0 Å². The largest absolute Gasteiger partial charge is 0.467 e. The van der Waals surface area contributed by atoms with Crippen LogP contribution in [-0.2, 0) is 19.4 Å². The van der Waals surface area contributed by atoms with E-state index < -0.39 is 0 Å². The molecule has 3 aromatic heterocycles. The van der Waals surface area contributed by atoms with E-state index in [0.29, 0.717) is 0 Å². The van der Waals surface area contributed by atoms with Crippen molar-refractivity contribution < 1.29 is 4.42 Å². The van der Waals surface area contributed by atoms with Crippen LogP contribution in [0.1, 0.15) is 22.6 Å². The SMILES string of the molecule is CN(Cc1ccco1)c1ncnc2sc3c(c12)CCC3. The van der Waals surface area contributed by atoms with Crippen molar-refractivity contribution in [3.05, 3.63) is 40.9 Å². The predicted octanol–water partition coefficient (Wildman–Crippen LogP) is 3.41. The molecule has 0 bridgehead atoms. The van der Waals surface area contributed by atoms with Crippen LogP contribution in [0.15, 0.2) is 29.1 Å². The van der Waals surface area contributed by atoms with Gasteiger partial charge in [-0.25, -0.2) is 9.97 Å². The number of hydrogen-bond acceptors (Lipinski definition) is 5. The molecule has 0 amide bonds. The molecule has 0 saturated heterocycles.